The zero-order valence-electron chi connectivity index (χ0n) is 15.3. The smallest absolute Gasteiger partial charge is 0.237 e. The number of fused-ring (bicyclic) bond motifs is 2. The Morgan fingerprint density at radius 1 is 0.964 bits per heavy atom. The first-order valence-electron chi connectivity index (χ1n) is 8.82. The molecule has 4 aromatic heterocycles. The Morgan fingerprint density at radius 3 is 1.96 bits per heavy atom. The topological polar surface area (TPSA) is 137 Å². The fourth-order valence-corrected chi connectivity index (χ4v) is 3.77. The van der Waals surface area contributed by atoms with Gasteiger partial charge in [-0.25, -0.2) is 29.9 Å². The molecule has 1 aliphatic rings. The average Bonchev–Trinajstić information content (AvgIpc) is 3.38. The predicted octanol–water partition coefficient (Wildman–Crippen LogP) is -0.116. The van der Waals surface area contributed by atoms with Crippen LogP contribution in [0.4, 0.5) is 0 Å². The lowest BCUT2D eigenvalue weighted by atomic mass is 10.1. The Hall–Kier alpha value is -3.02. The van der Waals surface area contributed by atoms with Gasteiger partial charge >= 0.3 is 0 Å². The van der Waals surface area contributed by atoms with E-state index in [0.29, 0.717) is 22.3 Å². The van der Waals surface area contributed by atoms with Crippen molar-refractivity contribution in [1.82, 2.24) is 39.0 Å². The Balaban J connectivity index is 1.82. The maximum Gasteiger partial charge on any atom is 0.237 e. The molecule has 2 atom stereocenters. The molecular weight excluding hydrogens is 364 g/mol. The number of ether oxygens (including phenoxy) is 1. The lowest BCUT2D eigenvalue weighted by Crippen LogP contribution is -2.41. The van der Waals surface area contributed by atoms with E-state index in [0.717, 1.165) is 11.4 Å². The van der Waals surface area contributed by atoms with Gasteiger partial charge in [-0.15, -0.1) is 0 Å². The molecule has 0 aromatic carbocycles. The Bertz CT molecular complexity index is 1110. The highest BCUT2D eigenvalue weighted by Crippen LogP contribution is 2.40. The van der Waals surface area contributed by atoms with Crippen LogP contribution < -0.4 is 0 Å². The SMILES string of the molecule is Cc1ncnc2c1ncn2C1(n2cnc3c(C)ncnc32)C[C@H](O)[C@@H](CO)O1. The summed E-state index contributed by atoms with van der Waals surface area (Å²) in [6.07, 6.45) is 4.58. The first-order valence-corrected chi connectivity index (χ1v) is 8.82. The number of aryl methyl sites for hydroxylation is 2. The molecule has 0 unspecified atom stereocenters. The number of aromatic nitrogens is 8. The molecular formula is C17H18N8O3. The van der Waals surface area contributed by atoms with E-state index in [4.69, 9.17) is 4.74 Å². The molecule has 2 N–H and O–H groups in total. The molecule has 5 heterocycles. The van der Waals surface area contributed by atoms with E-state index in [2.05, 4.69) is 29.9 Å². The first kappa shape index (κ1) is 17.1. The molecule has 0 radical (unpaired) electrons. The van der Waals surface area contributed by atoms with Crippen molar-refractivity contribution in [3.63, 3.8) is 0 Å². The number of aliphatic hydroxyl groups is 2. The van der Waals surface area contributed by atoms with Crippen molar-refractivity contribution in [2.24, 2.45) is 0 Å². The normalized spacial score (nSPS) is 21.7. The Labute approximate surface area is 158 Å². The van der Waals surface area contributed by atoms with Crippen LogP contribution in [0.5, 0.6) is 0 Å². The molecule has 4 aromatic rings. The zero-order valence-corrected chi connectivity index (χ0v) is 15.3. The maximum atomic E-state index is 10.6. The summed E-state index contributed by atoms with van der Waals surface area (Å²) in [5, 5.41) is 20.3. The summed E-state index contributed by atoms with van der Waals surface area (Å²) >= 11 is 0. The number of aliphatic hydroxyl groups excluding tert-OH is 2. The number of hydrogen-bond donors (Lipinski definition) is 2. The number of nitrogens with zero attached hydrogens (tertiary/aromatic N) is 8. The van der Waals surface area contributed by atoms with Crippen LogP contribution >= 0.6 is 0 Å². The van der Waals surface area contributed by atoms with Crippen molar-refractivity contribution in [2.75, 3.05) is 6.61 Å². The second-order valence-corrected chi connectivity index (χ2v) is 6.85. The predicted molar refractivity (Wildman–Crippen MR) is 96.1 cm³/mol. The lowest BCUT2D eigenvalue weighted by molar-refractivity contribution is -0.131. The molecule has 1 fully saturated rings. The molecule has 144 valence electrons. The summed E-state index contributed by atoms with van der Waals surface area (Å²) in [5.41, 5.74) is 3.80. The van der Waals surface area contributed by atoms with Crippen LogP contribution in [-0.2, 0) is 10.6 Å². The summed E-state index contributed by atoms with van der Waals surface area (Å²) in [4.78, 5) is 26.0. The summed E-state index contributed by atoms with van der Waals surface area (Å²) < 4.78 is 9.68. The maximum absolute atomic E-state index is 10.6. The van der Waals surface area contributed by atoms with Gasteiger partial charge in [-0.05, 0) is 13.8 Å². The summed E-state index contributed by atoms with van der Waals surface area (Å²) in [6.45, 7) is 3.36. The molecule has 0 amide bonds. The second kappa shape index (κ2) is 5.99. The molecule has 1 saturated heterocycles. The van der Waals surface area contributed by atoms with Gasteiger partial charge < -0.3 is 14.9 Å². The fraction of sp³-hybridized carbons (Fsp3) is 0.412. The van der Waals surface area contributed by atoms with E-state index in [1.54, 1.807) is 21.8 Å². The molecule has 1 aliphatic heterocycles. The zero-order chi connectivity index (χ0) is 19.5. The minimum absolute atomic E-state index is 0.154. The van der Waals surface area contributed by atoms with Crippen LogP contribution in [-0.4, -0.2) is 68.1 Å². The molecule has 0 aliphatic carbocycles. The summed E-state index contributed by atoms with van der Waals surface area (Å²) in [6, 6.07) is 0. The van der Waals surface area contributed by atoms with Crippen LogP contribution in [0, 0.1) is 13.8 Å². The Kier molecular flexibility index (Phi) is 3.66. The van der Waals surface area contributed by atoms with E-state index in [1.165, 1.54) is 12.7 Å². The van der Waals surface area contributed by atoms with Gasteiger partial charge in [-0.3, -0.25) is 9.13 Å². The monoisotopic (exact) mass is 382 g/mol. The van der Waals surface area contributed by atoms with E-state index in [9.17, 15) is 10.2 Å². The third-order valence-electron chi connectivity index (χ3n) is 5.21. The third-order valence-corrected chi connectivity index (χ3v) is 5.21. The molecule has 11 nitrogen and oxygen atoms in total. The number of rotatable bonds is 3. The highest BCUT2D eigenvalue weighted by molar-refractivity contribution is 5.75. The standard InChI is InChI=1S/C17H18N8O3/c1-9-13-15(20-5-18-9)24(7-22-13)17(3-11(27)12(4-26)28-17)25-8-23-14-10(2)19-6-21-16(14)25/h5-8,11-12,26-27H,3-4H2,1-2H3/t11-,12+/m0/s1. The minimum atomic E-state index is -1.25. The molecule has 0 spiro atoms. The summed E-state index contributed by atoms with van der Waals surface area (Å²) in [5.74, 6) is -1.25. The molecule has 0 bridgehead atoms. The van der Waals surface area contributed by atoms with Crippen molar-refractivity contribution >= 4 is 22.3 Å². The highest BCUT2D eigenvalue weighted by Gasteiger charge is 2.50. The quantitative estimate of drug-likeness (QED) is 0.497. The average molecular weight is 382 g/mol. The third kappa shape index (κ3) is 2.20. The lowest BCUT2D eigenvalue weighted by Gasteiger charge is -2.32. The number of imidazole rings is 2. The van der Waals surface area contributed by atoms with E-state index >= 15 is 0 Å². The van der Waals surface area contributed by atoms with Crippen LogP contribution in [0.1, 0.15) is 17.8 Å². The van der Waals surface area contributed by atoms with E-state index in [-0.39, 0.29) is 13.0 Å². The second-order valence-electron chi connectivity index (χ2n) is 6.85. The van der Waals surface area contributed by atoms with Gasteiger partial charge in [0.2, 0.25) is 5.85 Å². The largest absolute Gasteiger partial charge is 0.394 e. The van der Waals surface area contributed by atoms with Crippen LogP contribution in [0.2, 0.25) is 0 Å². The highest BCUT2D eigenvalue weighted by atomic mass is 16.6. The van der Waals surface area contributed by atoms with Gasteiger partial charge in [-0.2, -0.15) is 0 Å². The van der Waals surface area contributed by atoms with E-state index < -0.39 is 18.1 Å². The van der Waals surface area contributed by atoms with Gasteiger partial charge in [0.25, 0.3) is 0 Å². The van der Waals surface area contributed by atoms with Crippen molar-refractivity contribution in [3.8, 4) is 0 Å². The van der Waals surface area contributed by atoms with Gasteiger partial charge in [0.15, 0.2) is 11.3 Å². The van der Waals surface area contributed by atoms with Crippen LogP contribution in [0.15, 0.2) is 25.3 Å². The summed E-state index contributed by atoms with van der Waals surface area (Å²) in [7, 11) is 0. The van der Waals surface area contributed by atoms with Crippen LogP contribution in [0.25, 0.3) is 22.3 Å². The van der Waals surface area contributed by atoms with Crippen molar-refractivity contribution in [2.45, 2.75) is 38.3 Å². The molecule has 5 rings (SSSR count). The van der Waals surface area contributed by atoms with Gasteiger partial charge in [0.05, 0.1) is 24.1 Å². The minimum Gasteiger partial charge on any atom is -0.394 e. The van der Waals surface area contributed by atoms with Crippen LogP contribution in [0.3, 0.4) is 0 Å². The van der Waals surface area contributed by atoms with Gasteiger partial charge in [-0.1, -0.05) is 0 Å². The molecule has 0 saturated carbocycles. The van der Waals surface area contributed by atoms with Crippen molar-refractivity contribution < 1.29 is 14.9 Å². The Morgan fingerprint density at radius 2 is 1.50 bits per heavy atom. The molecule has 28 heavy (non-hydrogen) atoms. The molecule has 11 heteroatoms. The number of hydrogen-bond acceptors (Lipinski definition) is 9. The first-order chi connectivity index (χ1) is 13.5. The van der Waals surface area contributed by atoms with Crippen molar-refractivity contribution in [3.05, 3.63) is 36.7 Å². The van der Waals surface area contributed by atoms with Crippen molar-refractivity contribution in [1.29, 1.82) is 0 Å². The fourth-order valence-electron chi connectivity index (χ4n) is 3.77. The van der Waals surface area contributed by atoms with Gasteiger partial charge in [0.1, 0.15) is 42.4 Å². The van der Waals surface area contributed by atoms with E-state index in [1.807, 2.05) is 13.8 Å². The van der Waals surface area contributed by atoms with Gasteiger partial charge in [0, 0.05) is 6.42 Å².